The van der Waals surface area contributed by atoms with Crippen molar-refractivity contribution in [2.24, 2.45) is 11.8 Å². The zero-order valence-electron chi connectivity index (χ0n) is 15.2. The third-order valence-corrected chi connectivity index (χ3v) is 4.64. The van der Waals surface area contributed by atoms with E-state index in [2.05, 4.69) is 29.4 Å². The van der Waals surface area contributed by atoms with E-state index < -0.39 is 0 Å². The summed E-state index contributed by atoms with van der Waals surface area (Å²) in [7, 11) is 0. The molecule has 1 heterocycles. The number of nitrogens with zero attached hydrogens (tertiary/aromatic N) is 1. The van der Waals surface area contributed by atoms with Crippen LogP contribution in [0.25, 0.3) is 0 Å². The molecule has 0 saturated carbocycles. The van der Waals surface area contributed by atoms with Crippen molar-refractivity contribution in [3.63, 3.8) is 0 Å². The number of aryl methyl sites for hydroxylation is 1. The summed E-state index contributed by atoms with van der Waals surface area (Å²) in [6.07, 6.45) is 1.22. The van der Waals surface area contributed by atoms with Crippen LogP contribution in [0.5, 0.6) is 0 Å². The Labute approximate surface area is 144 Å². The molecule has 1 aliphatic rings. The van der Waals surface area contributed by atoms with Gasteiger partial charge >= 0.3 is 0 Å². The molecule has 0 spiro atoms. The molecule has 1 aliphatic heterocycles. The van der Waals surface area contributed by atoms with Gasteiger partial charge in [-0.2, -0.15) is 0 Å². The highest BCUT2D eigenvalue weighted by Crippen LogP contribution is 2.20. The van der Waals surface area contributed by atoms with E-state index in [1.807, 2.05) is 32.0 Å². The Morgan fingerprint density at radius 3 is 2.46 bits per heavy atom. The maximum atomic E-state index is 12.1. The van der Waals surface area contributed by atoms with Gasteiger partial charge in [0.15, 0.2) is 0 Å². The number of amides is 2. The third kappa shape index (κ3) is 5.34. The van der Waals surface area contributed by atoms with Gasteiger partial charge in [0.25, 0.3) is 0 Å². The molecule has 5 nitrogen and oxygen atoms in total. The second kappa shape index (κ2) is 8.29. The first-order valence-corrected chi connectivity index (χ1v) is 8.70. The average molecular weight is 331 g/mol. The van der Waals surface area contributed by atoms with Crippen molar-refractivity contribution in [3.05, 3.63) is 29.3 Å². The van der Waals surface area contributed by atoms with E-state index in [1.165, 1.54) is 6.42 Å². The Morgan fingerprint density at radius 1 is 1.12 bits per heavy atom. The number of hydrogen-bond donors (Lipinski definition) is 2. The van der Waals surface area contributed by atoms with Crippen molar-refractivity contribution >= 4 is 17.5 Å². The van der Waals surface area contributed by atoms with Crippen molar-refractivity contribution < 1.29 is 9.59 Å². The molecule has 2 unspecified atom stereocenters. The van der Waals surface area contributed by atoms with Crippen LogP contribution < -0.4 is 10.6 Å². The minimum Gasteiger partial charge on any atom is -0.346 e. The highest BCUT2D eigenvalue weighted by atomic mass is 16.2. The van der Waals surface area contributed by atoms with E-state index in [0.717, 1.165) is 29.9 Å². The number of carbonyl (C=O) groups is 2. The van der Waals surface area contributed by atoms with E-state index in [9.17, 15) is 9.59 Å². The molecule has 0 radical (unpaired) electrons. The van der Waals surface area contributed by atoms with Gasteiger partial charge in [-0.15, -0.1) is 0 Å². The van der Waals surface area contributed by atoms with Crippen LogP contribution in [0.4, 0.5) is 5.69 Å². The standard InChI is InChI=1S/C19H29N3O2/c1-13-8-14(2)11-22(10-13)12-19(24)20-9-18(23)21-17-7-5-6-15(3)16(17)4/h5-7,13-14H,8-12H2,1-4H3,(H,20,24)(H,21,23). The summed E-state index contributed by atoms with van der Waals surface area (Å²) in [5.74, 6) is 0.952. The maximum Gasteiger partial charge on any atom is 0.243 e. The molecule has 2 N–H and O–H groups in total. The van der Waals surface area contributed by atoms with Crippen LogP contribution in [0, 0.1) is 25.7 Å². The van der Waals surface area contributed by atoms with E-state index in [-0.39, 0.29) is 18.4 Å². The van der Waals surface area contributed by atoms with Crippen molar-refractivity contribution in [1.82, 2.24) is 10.2 Å². The minimum atomic E-state index is -0.197. The summed E-state index contributed by atoms with van der Waals surface area (Å²) >= 11 is 0. The normalized spacial score (nSPS) is 21.3. The number of rotatable bonds is 5. The van der Waals surface area contributed by atoms with Gasteiger partial charge in [0, 0.05) is 18.8 Å². The van der Waals surface area contributed by atoms with E-state index >= 15 is 0 Å². The first-order valence-electron chi connectivity index (χ1n) is 8.70. The molecule has 0 aromatic heterocycles. The lowest BCUT2D eigenvalue weighted by atomic mass is 9.92. The van der Waals surface area contributed by atoms with E-state index in [4.69, 9.17) is 0 Å². The van der Waals surface area contributed by atoms with E-state index in [0.29, 0.717) is 18.4 Å². The molecule has 2 amide bonds. The monoisotopic (exact) mass is 331 g/mol. The van der Waals surface area contributed by atoms with Gasteiger partial charge in [-0.05, 0) is 49.3 Å². The van der Waals surface area contributed by atoms with Crippen LogP contribution >= 0.6 is 0 Å². The molecule has 0 aliphatic carbocycles. The summed E-state index contributed by atoms with van der Waals surface area (Å²) in [5, 5.41) is 5.58. The highest BCUT2D eigenvalue weighted by Gasteiger charge is 2.23. The summed E-state index contributed by atoms with van der Waals surface area (Å²) in [6, 6.07) is 5.79. The third-order valence-electron chi connectivity index (χ3n) is 4.64. The number of anilines is 1. The molecule has 1 aromatic rings. The Hall–Kier alpha value is -1.88. The van der Waals surface area contributed by atoms with Gasteiger partial charge < -0.3 is 10.6 Å². The van der Waals surface area contributed by atoms with Crippen molar-refractivity contribution in [2.45, 2.75) is 34.1 Å². The summed E-state index contributed by atoms with van der Waals surface area (Å²) in [6.45, 7) is 10.7. The summed E-state index contributed by atoms with van der Waals surface area (Å²) in [5.41, 5.74) is 2.98. The number of carbonyl (C=O) groups excluding carboxylic acids is 2. The predicted octanol–water partition coefficient (Wildman–Crippen LogP) is 2.34. The topological polar surface area (TPSA) is 61.4 Å². The van der Waals surface area contributed by atoms with Crippen LogP contribution in [0.1, 0.15) is 31.4 Å². The fraction of sp³-hybridized carbons (Fsp3) is 0.579. The number of nitrogens with one attached hydrogen (secondary N) is 2. The quantitative estimate of drug-likeness (QED) is 0.870. The molecule has 1 saturated heterocycles. The fourth-order valence-corrected chi connectivity index (χ4v) is 3.44. The lowest BCUT2D eigenvalue weighted by molar-refractivity contribution is -0.125. The molecule has 132 valence electrons. The number of likely N-dealkylation sites (tertiary alicyclic amines) is 1. The summed E-state index contributed by atoms with van der Waals surface area (Å²) < 4.78 is 0. The largest absolute Gasteiger partial charge is 0.346 e. The number of hydrogen-bond acceptors (Lipinski definition) is 3. The number of benzene rings is 1. The molecule has 2 atom stereocenters. The lowest BCUT2D eigenvalue weighted by Crippen LogP contribution is -2.45. The second-order valence-corrected chi connectivity index (χ2v) is 7.21. The Kier molecular flexibility index (Phi) is 6.37. The molecular formula is C19H29N3O2. The van der Waals surface area contributed by atoms with Crippen molar-refractivity contribution in [1.29, 1.82) is 0 Å². The zero-order valence-corrected chi connectivity index (χ0v) is 15.2. The Bertz CT molecular complexity index is 590. The maximum absolute atomic E-state index is 12.1. The minimum absolute atomic E-state index is 0.00512. The van der Waals surface area contributed by atoms with Crippen molar-refractivity contribution in [3.8, 4) is 0 Å². The van der Waals surface area contributed by atoms with Crippen LogP contribution in [0.3, 0.4) is 0 Å². The summed E-state index contributed by atoms with van der Waals surface area (Å²) in [4.78, 5) is 26.3. The molecule has 1 fully saturated rings. The zero-order chi connectivity index (χ0) is 17.7. The van der Waals surface area contributed by atoms with Gasteiger partial charge in [0.05, 0.1) is 13.1 Å². The second-order valence-electron chi connectivity index (χ2n) is 7.21. The van der Waals surface area contributed by atoms with Gasteiger partial charge in [0.1, 0.15) is 0 Å². The van der Waals surface area contributed by atoms with Gasteiger partial charge in [0.2, 0.25) is 11.8 Å². The van der Waals surface area contributed by atoms with Crippen LogP contribution in [0.2, 0.25) is 0 Å². The van der Waals surface area contributed by atoms with Crippen LogP contribution in [0.15, 0.2) is 18.2 Å². The first kappa shape index (κ1) is 18.5. The smallest absolute Gasteiger partial charge is 0.243 e. The molecule has 5 heteroatoms. The molecule has 24 heavy (non-hydrogen) atoms. The molecule has 1 aromatic carbocycles. The van der Waals surface area contributed by atoms with E-state index in [1.54, 1.807) is 0 Å². The number of piperidine rings is 1. The fourth-order valence-electron chi connectivity index (χ4n) is 3.44. The lowest BCUT2D eigenvalue weighted by Gasteiger charge is -2.34. The highest BCUT2D eigenvalue weighted by molar-refractivity contribution is 5.95. The predicted molar refractivity (Wildman–Crippen MR) is 96.9 cm³/mol. The van der Waals surface area contributed by atoms with Gasteiger partial charge in [-0.25, -0.2) is 0 Å². The van der Waals surface area contributed by atoms with Gasteiger partial charge in [-0.1, -0.05) is 26.0 Å². The average Bonchev–Trinajstić information content (AvgIpc) is 2.49. The van der Waals surface area contributed by atoms with Crippen LogP contribution in [-0.2, 0) is 9.59 Å². The Morgan fingerprint density at radius 2 is 1.79 bits per heavy atom. The first-order chi connectivity index (χ1) is 11.3. The molecular weight excluding hydrogens is 302 g/mol. The Balaban J connectivity index is 1.77. The SMILES string of the molecule is Cc1cccc(NC(=O)CNC(=O)CN2CC(C)CC(C)C2)c1C. The molecule has 0 bridgehead atoms. The van der Waals surface area contributed by atoms with Crippen molar-refractivity contribution in [2.75, 3.05) is 31.5 Å². The van der Waals surface area contributed by atoms with Gasteiger partial charge in [-0.3, -0.25) is 14.5 Å². The van der Waals surface area contributed by atoms with Crippen LogP contribution in [-0.4, -0.2) is 42.9 Å². The molecule has 2 rings (SSSR count).